The first-order valence-corrected chi connectivity index (χ1v) is 3.55. The molecule has 1 atom stereocenters. The van der Waals surface area contributed by atoms with Gasteiger partial charge in [-0.05, 0) is 20.9 Å². The van der Waals surface area contributed by atoms with Gasteiger partial charge >= 0.3 is 0 Å². The highest BCUT2D eigenvalue weighted by Crippen LogP contribution is 2.16. The zero-order valence-corrected chi connectivity index (χ0v) is 7.01. The summed E-state index contributed by atoms with van der Waals surface area (Å²) in [4.78, 5) is 4.13. The van der Waals surface area contributed by atoms with Gasteiger partial charge in [0.2, 0.25) is 11.8 Å². The maximum atomic E-state index is 5.48. The number of hydrogen-bond donors (Lipinski definition) is 2. The van der Waals surface area contributed by atoms with Crippen LogP contribution in [0.4, 0.5) is 5.88 Å². The second-order valence-electron chi connectivity index (χ2n) is 2.51. The second kappa shape index (κ2) is 2.92. The number of hydrogen-bond acceptors (Lipinski definition) is 4. The normalized spacial score (nSPS) is 13.4. The molecule has 0 saturated heterocycles. The zero-order valence-electron chi connectivity index (χ0n) is 7.01. The molecule has 0 aliphatic heterocycles. The van der Waals surface area contributed by atoms with Gasteiger partial charge in [-0.15, -0.1) is 0 Å². The van der Waals surface area contributed by atoms with E-state index in [2.05, 4.69) is 10.3 Å². The molecule has 0 bridgehead atoms. The third-order valence-corrected chi connectivity index (χ3v) is 1.65. The van der Waals surface area contributed by atoms with E-state index in [-0.39, 0.29) is 6.04 Å². The fraction of sp³-hybridized carbons (Fsp3) is 0.571. The van der Waals surface area contributed by atoms with E-state index in [0.717, 1.165) is 5.69 Å². The van der Waals surface area contributed by atoms with Crippen LogP contribution in [-0.4, -0.2) is 12.0 Å². The van der Waals surface area contributed by atoms with E-state index in [4.69, 9.17) is 10.2 Å². The molecule has 0 aromatic carbocycles. The Morgan fingerprint density at radius 1 is 1.64 bits per heavy atom. The molecule has 1 aromatic heterocycles. The number of nitrogen functional groups attached to an aromatic ring is 1. The van der Waals surface area contributed by atoms with Crippen molar-refractivity contribution < 1.29 is 4.42 Å². The predicted octanol–water partition coefficient (Wildman–Crippen LogP) is 0.846. The highest BCUT2D eigenvalue weighted by atomic mass is 16.4. The quantitative estimate of drug-likeness (QED) is 0.664. The molecule has 1 unspecified atom stereocenters. The molecule has 0 aliphatic rings. The van der Waals surface area contributed by atoms with Crippen LogP contribution in [0.5, 0.6) is 0 Å². The van der Waals surface area contributed by atoms with Crippen LogP contribution in [0.15, 0.2) is 4.42 Å². The number of nitrogens with one attached hydrogen (secondary N) is 1. The Kier molecular flexibility index (Phi) is 2.14. The van der Waals surface area contributed by atoms with Gasteiger partial charge in [-0.1, -0.05) is 0 Å². The van der Waals surface area contributed by atoms with Gasteiger partial charge in [0.05, 0.1) is 6.04 Å². The Balaban J connectivity index is 2.88. The van der Waals surface area contributed by atoms with E-state index < -0.39 is 0 Å². The van der Waals surface area contributed by atoms with Crippen LogP contribution in [0.25, 0.3) is 0 Å². The Bertz CT molecular complexity index is 224. The molecule has 1 heterocycles. The largest absolute Gasteiger partial charge is 0.424 e. The van der Waals surface area contributed by atoms with Crippen LogP contribution in [0, 0.1) is 6.92 Å². The summed E-state index contributed by atoms with van der Waals surface area (Å²) in [5, 5.41) is 3.01. The van der Waals surface area contributed by atoms with Crippen molar-refractivity contribution in [2.45, 2.75) is 19.9 Å². The lowest BCUT2D eigenvalue weighted by atomic mass is 10.3. The van der Waals surface area contributed by atoms with Crippen molar-refractivity contribution in [3.63, 3.8) is 0 Å². The number of nitrogens with two attached hydrogens (primary N) is 1. The predicted molar refractivity (Wildman–Crippen MR) is 43.1 cm³/mol. The number of rotatable bonds is 2. The minimum absolute atomic E-state index is 0.117. The summed E-state index contributed by atoms with van der Waals surface area (Å²) in [6.07, 6.45) is 0. The van der Waals surface area contributed by atoms with Gasteiger partial charge in [0.25, 0.3) is 0 Å². The first-order chi connectivity index (χ1) is 5.15. The standard InChI is InChI=1S/C7H13N3O/c1-4-6(8)11-7(10-4)5(2)9-3/h5,9H,8H2,1-3H3. The molecule has 1 rings (SSSR count). The minimum atomic E-state index is 0.117. The fourth-order valence-corrected chi connectivity index (χ4v) is 0.738. The Labute approximate surface area is 65.8 Å². The van der Waals surface area contributed by atoms with E-state index in [1.54, 1.807) is 0 Å². The molecule has 0 saturated carbocycles. The Morgan fingerprint density at radius 3 is 2.64 bits per heavy atom. The van der Waals surface area contributed by atoms with E-state index in [0.29, 0.717) is 11.8 Å². The molecule has 0 spiro atoms. The molecule has 3 N–H and O–H groups in total. The summed E-state index contributed by atoms with van der Waals surface area (Å²) in [5.41, 5.74) is 6.23. The average Bonchev–Trinajstić information content (AvgIpc) is 2.31. The molecule has 0 radical (unpaired) electrons. The monoisotopic (exact) mass is 155 g/mol. The highest BCUT2D eigenvalue weighted by molar-refractivity contribution is 5.29. The number of aromatic nitrogens is 1. The lowest BCUT2D eigenvalue weighted by molar-refractivity contribution is 0.444. The Hall–Kier alpha value is -1.03. The topological polar surface area (TPSA) is 64.1 Å². The highest BCUT2D eigenvalue weighted by Gasteiger charge is 2.11. The summed E-state index contributed by atoms with van der Waals surface area (Å²) in [5.74, 6) is 1.05. The third-order valence-electron chi connectivity index (χ3n) is 1.65. The SMILES string of the molecule is CNC(C)c1nc(C)c(N)o1. The molecular weight excluding hydrogens is 142 g/mol. The summed E-state index contributed by atoms with van der Waals surface area (Å²) in [6, 6.07) is 0.117. The number of oxazole rings is 1. The van der Waals surface area contributed by atoms with Gasteiger partial charge in [0.1, 0.15) is 5.69 Å². The molecule has 11 heavy (non-hydrogen) atoms. The van der Waals surface area contributed by atoms with Gasteiger partial charge in [-0.25, -0.2) is 4.98 Å². The lowest BCUT2D eigenvalue weighted by Crippen LogP contribution is -2.12. The second-order valence-corrected chi connectivity index (χ2v) is 2.51. The van der Waals surface area contributed by atoms with Crippen molar-refractivity contribution in [2.24, 2.45) is 0 Å². The maximum Gasteiger partial charge on any atom is 0.214 e. The first-order valence-electron chi connectivity index (χ1n) is 3.55. The average molecular weight is 155 g/mol. The summed E-state index contributed by atoms with van der Waals surface area (Å²) in [6.45, 7) is 3.79. The number of anilines is 1. The molecule has 62 valence electrons. The molecule has 4 heteroatoms. The number of aryl methyl sites for hydroxylation is 1. The van der Waals surface area contributed by atoms with Crippen LogP contribution in [-0.2, 0) is 0 Å². The number of nitrogens with zero attached hydrogens (tertiary/aromatic N) is 1. The van der Waals surface area contributed by atoms with Crippen molar-refractivity contribution in [3.05, 3.63) is 11.6 Å². The van der Waals surface area contributed by atoms with Crippen LogP contribution < -0.4 is 11.1 Å². The minimum Gasteiger partial charge on any atom is -0.424 e. The first kappa shape index (κ1) is 8.07. The van der Waals surface area contributed by atoms with Gasteiger partial charge in [0, 0.05) is 0 Å². The van der Waals surface area contributed by atoms with Gasteiger partial charge in [0.15, 0.2) is 0 Å². The van der Waals surface area contributed by atoms with Gasteiger partial charge in [-0.3, -0.25) is 0 Å². The smallest absolute Gasteiger partial charge is 0.214 e. The van der Waals surface area contributed by atoms with Crippen molar-refractivity contribution in [2.75, 3.05) is 12.8 Å². The molecule has 0 fully saturated rings. The van der Waals surface area contributed by atoms with Gasteiger partial charge < -0.3 is 15.5 Å². The van der Waals surface area contributed by atoms with Gasteiger partial charge in [-0.2, -0.15) is 0 Å². The molecular formula is C7H13N3O. The van der Waals surface area contributed by atoms with E-state index in [1.807, 2.05) is 20.9 Å². The summed E-state index contributed by atoms with van der Waals surface area (Å²) in [7, 11) is 1.85. The van der Waals surface area contributed by atoms with Crippen LogP contribution in [0.2, 0.25) is 0 Å². The van der Waals surface area contributed by atoms with E-state index >= 15 is 0 Å². The van der Waals surface area contributed by atoms with Crippen LogP contribution in [0.3, 0.4) is 0 Å². The Morgan fingerprint density at radius 2 is 2.27 bits per heavy atom. The summed E-state index contributed by atoms with van der Waals surface area (Å²) < 4.78 is 5.17. The van der Waals surface area contributed by atoms with E-state index in [1.165, 1.54) is 0 Å². The van der Waals surface area contributed by atoms with Crippen LogP contribution in [0.1, 0.15) is 24.6 Å². The van der Waals surface area contributed by atoms with Crippen molar-refractivity contribution >= 4 is 5.88 Å². The molecule has 0 aliphatic carbocycles. The van der Waals surface area contributed by atoms with E-state index in [9.17, 15) is 0 Å². The van der Waals surface area contributed by atoms with Crippen molar-refractivity contribution in [3.8, 4) is 0 Å². The molecule has 4 nitrogen and oxygen atoms in total. The molecule has 1 aromatic rings. The maximum absolute atomic E-state index is 5.48. The van der Waals surface area contributed by atoms with Crippen molar-refractivity contribution in [1.82, 2.24) is 10.3 Å². The summed E-state index contributed by atoms with van der Waals surface area (Å²) >= 11 is 0. The molecule has 0 amide bonds. The lowest BCUT2D eigenvalue weighted by Gasteiger charge is -2.02. The van der Waals surface area contributed by atoms with Crippen molar-refractivity contribution in [1.29, 1.82) is 0 Å². The zero-order chi connectivity index (χ0) is 8.43. The fourth-order valence-electron chi connectivity index (χ4n) is 0.738. The third kappa shape index (κ3) is 1.51. The van der Waals surface area contributed by atoms with Crippen LogP contribution >= 0.6 is 0 Å².